The molecule has 0 aliphatic carbocycles. The van der Waals surface area contributed by atoms with Crippen LogP contribution in [0.1, 0.15) is 18.1 Å². The average molecular weight is 242 g/mol. The summed E-state index contributed by atoms with van der Waals surface area (Å²) in [4.78, 5) is 25.7. The number of hydrogen-bond donors (Lipinski definition) is 3. The van der Waals surface area contributed by atoms with Crippen LogP contribution in [0.3, 0.4) is 0 Å². The summed E-state index contributed by atoms with van der Waals surface area (Å²) >= 11 is 0. The van der Waals surface area contributed by atoms with E-state index in [1.807, 2.05) is 0 Å². The van der Waals surface area contributed by atoms with Gasteiger partial charge >= 0.3 is 0 Å². The summed E-state index contributed by atoms with van der Waals surface area (Å²) < 4.78 is 4.81. The van der Waals surface area contributed by atoms with Crippen molar-refractivity contribution in [2.45, 2.75) is 25.9 Å². The van der Waals surface area contributed by atoms with E-state index in [-0.39, 0.29) is 18.9 Å². The van der Waals surface area contributed by atoms with E-state index in [9.17, 15) is 9.59 Å². The number of aliphatic hydroxyl groups is 1. The number of nitrogens with zero attached hydrogens (tertiary/aromatic N) is 2. The topological polar surface area (TPSA) is 131 Å². The summed E-state index contributed by atoms with van der Waals surface area (Å²) in [5.41, 5.74) is 4.82. The molecule has 4 N–H and O–H groups in total. The Balaban J connectivity index is 2.24. The van der Waals surface area contributed by atoms with Crippen LogP contribution >= 0.6 is 0 Å². The van der Waals surface area contributed by atoms with Gasteiger partial charge in [-0.25, -0.2) is 0 Å². The molecule has 0 aliphatic heterocycles. The number of nitrogens with two attached hydrogens (primary N) is 1. The summed E-state index contributed by atoms with van der Waals surface area (Å²) in [6, 6.07) is 0. The highest BCUT2D eigenvalue weighted by Gasteiger charge is 2.12. The molecular formula is C9H14N4O4. The molecule has 0 aliphatic rings. The third-order valence-electron chi connectivity index (χ3n) is 1.96. The molecule has 8 nitrogen and oxygen atoms in total. The first-order chi connectivity index (χ1) is 7.99. The van der Waals surface area contributed by atoms with Crippen LogP contribution in [0.2, 0.25) is 0 Å². The molecule has 8 heteroatoms. The number of hydrogen-bond acceptors (Lipinski definition) is 6. The van der Waals surface area contributed by atoms with Crippen molar-refractivity contribution in [1.82, 2.24) is 15.5 Å². The van der Waals surface area contributed by atoms with Gasteiger partial charge in [-0.3, -0.25) is 9.59 Å². The van der Waals surface area contributed by atoms with Gasteiger partial charge in [-0.05, 0) is 6.92 Å². The van der Waals surface area contributed by atoms with Crippen LogP contribution in [0.15, 0.2) is 4.52 Å². The Labute approximate surface area is 97.2 Å². The van der Waals surface area contributed by atoms with E-state index < -0.39 is 12.0 Å². The fraction of sp³-hybridized carbons (Fsp3) is 0.556. The van der Waals surface area contributed by atoms with Crippen LogP contribution in [0.4, 0.5) is 0 Å². The van der Waals surface area contributed by atoms with E-state index in [1.165, 1.54) is 0 Å². The summed E-state index contributed by atoms with van der Waals surface area (Å²) in [5, 5.41) is 15.0. The third kappa shape index (κ3) is 4.60. The lowest BCUT2D eigenvalue weighted by atomic mass is 10.2. The van der Waals surface area contributed by atoms with Gasteiger partial charge < -0.3 is 20.7 Å². The monoisotopic (exact) mass is 242 g/mol. The first kappa shape index (κ1) is 13.1. The second-order valence-electron chi connectivity index (χ2n) is 3.46. The molecule has 17 heavy (non-hydrogen) atoms. The lowest BCUT2D eigenvalue weighted by molar-refractivity contribution is -0.127. The maximum Gasteiger partial charge on any atom is 0.248 e. The molecule has 1 aromatic heterocycles. The minimum Gasteiger partial charge on any atom is -0.381 e. The van der Waals surface area contributed by atoms with Gasteiger partial charge in [0, 0.05) is 12.8 Å². The predicted molar refractivity (Wildman–Crippen MR) is 55.6 cm³/mol. The molecule has 0 spiro atoms. The normalized spacial score (nSPS) is 12.1. The van der Waals surface area contributed by atoms with Crippen molar-refractivity contribution >= 4 is 11.8 Å². The lowest BCUT2D eigenvalue weighted by Crippen LogP contribution is -2.40. The van der Waals surface area contributed by atoms with Crippen LogP contribution in [0.5, 0.6) is 0 Å². The van der Waals surface area contributed by atoms with Crippen LogP contribution in [-0.4, -0.2) is 39.7 Å². The van der Waals surface area contributed by atoms with E-state index in [4.69, 9.17) is 15.4 Å². The second-order valence-corrected chi connectivity index (χ2v) is 3.46. The van der Waals surface area contributed by atoms with Gasteiger partial charge in [0.2, 0.25) is 17.7 Å². The number of amides is 2. The molecule has 1 aromatic rings. The van der Waals surface area contributed by atoms with Crippen molar-refractivity contribution in [2.24, 2.45) is 5.73 Å². The Bertz CT molecular complexity index is 403. The molecule has 0 fully saturated rings. The maximum absolute atomic E-state index is 11.3. The van der Waals surface area contributed by atoms with E-state index in [1.54, 1.807) is 6.92 Å². The van der Waals surface area contributed by atoms with Gasteiger partial charge in [0.25, 0.3) is 0 Å². The predicted octanol–water partition coefficient (Wildman–Crippen LogP) is -1.73. The largest absolute Gasteiger partial charge is 0.381 e. The highest BCUT2D eigenvalue weighted by atomic mass is 16.5. The van der Waals surface area contributed by atoms with Crippen molar-refractivity contribution in [3.63, 3.8) is 0 Å². The molecule has 0 saturated carbocycles. The minimum absolute atomic E-state index is 0.132. The number of carbonyl (C=O) groups is 2. The Kier molecular flexibility index (Phi) is 4.58. The number of rotatable bonds is 6. The second kappa shape index (κ2) is 5.94. The van der Waals surface area contributed by atoms with Crippen LogP contribution in [0, 0.1) is 6.92 Å². The lowest BCUT2D eigenvalue weighted by Gasteiger charge is -2.07. The van der Waals surface area contributed by atoms with E-state index in [0.717, 1.165) is 0 Å². The van der Waals surface area contributed by atoms with Crippen molar-refractivity contribution in [2.75, 3.05) is 6.54 Å². The molecule has 0 saturated heterocycles. The zero-order chi connectivity index (χ0) is 12.8. The number of carbonyl (C=O) groups excluding carboxylic acids is 2. The van der Waals surface area contributed by atoms with Crippen LogP contribution in [-0.2, 0) is 16.0 Å². The molecular weight excluding hydrogens is 228 g/mol. The third-order valence-corrected chi connectivity index (χ3v) is 1.96. The molecule has 1 unspecified atom stereocenters. The fourth-order valence-electron chi connectivity index (χ4n) is 1.06. The fourth-order valence-corrected chi connectivity index (χ4v) is 1.06. The molecule has 2 amide bonds. The average Bonchev–Trinajstić information content (AvgIpc) is 2.69. The van der Waals surface area contributed by atoms with Crippen molar-refractivity contribution in [3.8, 4) is 0 Å². The standard InChI is InChI=1S/C9H14N4O4/c1-5-12-8(17-13-5)3-2-7(15)11-4-6(14)9(10)16/h6,14H,2-4H2,1H3,(H2,10,16)(H,11,15). The zero-order valence-corrected chi connectivity index (χ0v) is 9.34. The zero-order valence-electron chi connectivity index (χ0n) is 9.34. The van der Waals surface area contributed by atoms with Gasteiger partial charge in [0.05, 0.1) is 6.54 Å². The molecule has 1 rings (SSSR count). The van der Waals surface area contributed by atoms with Crippen molar-refractivity contribution in [1.29, 1.82) is 0 Å². The van der Waals surface area contributed by atoms with Crippen LogP contribution in [0.25, 0.3) is 0 Å². The van der Waals surface area contributed by atoms with Crippen molar-refractivity contribution < 1.29 is 19.2 Å². The molecule has 1 heterocycles. The van der Waals surface area contributed by atoms with E-state index in [0.29, 0.717) is 18.1 Å². The summed E-state index contributed by atoms with van der Waals surface area (Å²) in [6.07, 6.45) is -0.934. The number of aryl methyl sites for hydroxylation is 2. The smallest absolute Gasteiger partial charge is 0.248 e. The number of aromatic nitrogens is 2. The molecule has 0 bridgehead atoms. The quantitative estimate of drug-likeness (QED) is 0.543. The summed E-state index contributed by atoms with van der Waals surface area (Å²) in [6.45, 7) is 1.48. The van der Waals surface area contributed by atoms with Gasteiger partial charge in [-0.15, -0.1) is 0 Å². The Morgan fingerprint density at radius 3 is 2.82 bits per heavy atom. The van der Waals surface area contributed by atoms with Crippen molar-refractivity contribution in [3.05, 3.63) is 11.7 Å². The first-order valence-corrected chi connectivity index (χ1v) is 5.02. The van der Waals surface area contributed by atoms with Gasteiger partial charge in [-0.2, -0.15) is 4.98 Å². The SMILES string of the molecule is Cc1noc(CCC(=O)NCC(O)C(N)=O)n1. The highest BCUT2D eigenvalue weighted by molar-refractivity contribution is 5.80. The molecule has 1 atom stereocenters. The van der Waals surface area contributed by atoms with Crippen LogP contribution < -0.4 is 11.1 Å². The maximum atomic E-state index is 11.3. The molecule has 0 aromatic carbocycles. The molecule has 94 valence electrons. The summed E-state index contributed by atoms with van der Waals surface area (Å²) in [7, 11) is 0. The van der Waals surface area contributed by atoms with Gasteiger partial charge in [0.15, 0.2) is 5.82 Å². The Morgan fingerprint density at radius 2 is 2.29 bits per heavy atom. The number of primary amides is 1. The van der Waals surface area contributed by atoms with Gasteiger partial charge in [0.1, 0.15) is 6.10 Å². The minimum atomic E-state index is -1.37. The molecule has 0 radical (unpaired) electrons. The highest BCUT2D eigenvalue weighted by Crippen LogP contribution is 1.99. The summed E-state index contributed by atoms with van der Waals surface area (Å²) in [5.74, 6) is -0.336. The number of nitrogens with one attached hydrogen (secondary N) is 1. The first-order valence-electron chi connectivity index (χ1n) is 5.02. The van der Waals surface area contributed by atoms with E-state index in [2.05, 4.69) is 15.5 Å². The van der Waals surface area contributed by atoms with Gasteiger partial charge in [-0.1, -0.05) is 5.16 Å². The number of aliphatic hydroxyl groups excluding tert-OH is 1. The van der Waals surface area contributed by atoms with E-state index >= 15 is 0 Å². The Morgan fingerprint density at radius 1 is 1.59 bits per heavy atom. The Hall–Kier alpha value is -1.96.